The van der Waals surface area contributed by atoms with Crippen LogP contribution in [0.3, 0.4) is 0 Å². The lowest BCUT2D eigenvalue weighted by Gasteiger charge is -2.26. The van der Waals surface area contributed by atoms with E-state index in [-0.39, 0.29) is 10.8 Å². The number of rotatable bonds is 5. The number of hydrogen-bond acceptors (Lipinski definition) is 6. The second kappa shape index (κ2) is 9.90. The molecule has 6 nitrogen and oxygen atoms in total. The van der Waals surface area contributed by atoms with E-state index >= 15 is 0 Å². The molecule has 0 amide bonds. The third-order valence-corrected chi connectivity index (χ3v) is 5.74. The standard InChI is InChI=1S/C21H19F2N5OS2/c22-15-6-7-17(16(23)12-15)25-20(30)27-24-13-18-19(14-4-2-1-3-5-14)26-21(31-18)28-8-10-29-11-9-28/h1-7,12-13H,8-11H2,(H2,25,27,30). The van der Waals surface area contributed by atoms with Crippen molar-refractivity contribution in [3.8, 4) is 11.3 Å². The molecule has 2 aromatic carbocycles. The number of nitrogens with one attached hydrogen (secondary N) is 2. The molecule has 1 saturated heterocycles. The van der Waals surface area contributed by atoms with E-state index in [2.05, 4.69) is 20.7 Å². The van der Waals surface area contributed by atoms with E-state index in [1.54, 1.807) is 6.21 Å². The third kappa shape index (κ3) is 5.40. The van der Waals surface area contributed by atoms with Crippen molar-refractivity contribution in [2.75, 3.05) is 36.5 Å². The van der Waals surface area contributed by atoms with E-state index in [9.17, 15) is 8.78 Å². The van der Waals surface area contributed by atoms with Crippen LogP contribution in [0.4, 0.5) is 19.6 Å². The molecule has 4 rings (SSSR count). The Hall–Kier alpha value is -2.95. The van der Waals surface area contributed by atoms with Crippen molar-refractivity contribution >= 4 is 45.7 Å². The van der Waals surface area contributed by atoms with Crippen LogP contribution in [0.5, 0.6) is 0 Å². The topological polar surface area (TPSA) is 61.8 Å². The van der Waals surface area contributed by atoms with Crippen molar-refractivity contribution in [3.63, 3.8) is 0 Å². The molecule has 0 radical (unpaired) electrons. The summed E-state index contributed by atoms with van der Waals surface area (Å²) in [6.45, 7) is 2.91. The van der Waals surface area contributed by atoms with E-state index in [0.717, 1.165) is 46.5 Å². The SMILES string of the molecule is Fc1ccc(NC(=S)NN=Cc2sc(N3CCOCC3)nc2-c2ccccc2)c(F)c1. The van der Waals surface area contributed by atoms with Gasteiger partial charge in [0.1, 0.15) is 11.6 Å². The van der Waals surface area contributed by atoms with Gasteiger partial charge < -0.3 is 15.0 Å². The molecule has 0 unspecified atom stereocenters. The summed E-state index contributed by atoms with van der Waals surface area (Å²) in [4.78, 5) is 7.87. The molecule has 0 spiro atoms. The Kier molecular flexibility index (Phi) is 6.80. The monoisotopic (exact) mass is 459 g/mol. The summed E-state index contributed by atoms with van der Waals surface area (Å²) >= 11 is 6.67. The van der Waals surface area contributed by atoms with Crippen LogP contribution in [-0.4, -0.2) is 42.6 Å². The average molecular weight is 460 g/mol. The van der Waals surface area contributed by atoms with Crippen LogP contribution in [0.2, 0.25) is 0 Å². The van der Waals surface area contributed by atoms with Crippen LogP contribution in [-0.2, 0) is 4.74 Å². The smallest absolute Gasteiger partial charge is 0.191 e. The second-order valence-corrected chi connectivity index (χ2v) is 8.04. The largest absolute Gasteiger partial charge is 0.378 e. The van der Waals surface area contributed by atoms with Crippen LogP contribution in [0.1, 0.15) is 4.88 Å². The van der Waals surface area contributed by atoms with Crippen molar-refractivity contribution in [2.24, 2.45) is 5.10 Å². The van der Waals surface area contributed by atoms with Crippen LogP contribution in [0.25, 0.3) is 11.3 Å². The molecule has 1 aliphatic heterocycles. The normalized spacial score (nSPS) is 14.1. The molecule has 0 aliphatic carbocycles. The Morgan fingerprint density at radius 3 is 2.68 bits per heavy atom. The van der Waals surface area contributed by atoms with Crippen LogP contribution in [0, 0.1) is 11.6 Å². The van der Waals surface area contributed by atoms with Gasteiger partial charge >= 0.3 is 0 Å². The molecule has 1 fully saturated rings. The Morgan fingerprint density at radius 1 is 1.16 bits per heavy atom. The quantitative estimate of drug-likeness (QED) is 0.338. The molecule has 10 heteroatoms. The summed E-state index contributed by atoms with van der Waals surface area (Å²) in [5.41, 5.74) is 4.53. The lowest BCUT2D eigenvalue weighted by atomic mass is 10.1. The maximum atomic E-state index is 13.8. The first-order chi connectivity index (χ1) is 15.1. The number of benzene rings is 2. The van der Waals surface area contributed by atoms with Gasteiger partial charge in [0.25, 0.3) is 0 Å². The molecule has 3 aromatic rings. The molecule has 1 aliphatic rings. The van der Waals surface area contributed by atoms with Gasteiger partial charge in [-0.2, -0.15) is 5.10 Å². The molecule has 0 bridgehead atoms. The molecular weight excluding hydrogens is 440 g/mol. The number of morpholine rings is 1. The maximum absolute atomic E-state index is 13.8. The molecule has 0 saturated carbocycles. The van der Waals surface area contributed by atoms with Crippen LogP contribution >= 0.6 is 23.6 Å². The first kappa shape index (κ1) is 21.3. The summed E-state index contributed by atoms with van der Waals surface area (Å²) in [6, 6.07) is 13.1. The van der Waals surface area contributed by atoms with Gasteiger partial charge in [0.05, 0.1) is 35.7 Å². The first-order valence-corrected chi connectivity index (χ1v) is 10.8. The summed E-state index contributed by atoms with van der Waals surface area (Å²) in [6.07, 6.45) is 1.64. The molecule has 2 N–H and O–H groups in total. The summed E-state index contributed by atoms with van der Waals surface area (Å²) in [5, 5.41) is 7.82. The minimum absolute atomic E-state index is 0.0615. The number of thiocarbonyl (C=S) groups is 1. The fraction of sp³-hybridized carbons (Fsp3) is 0.190. The zero-order chi connectivity index (χ0) is 21.6. The molecular formula is C21H19F2N5OS2. The fourth-order valence-corrected chi connectivity index (χ4v) is 4.16. The lowest BCUT2D eigenvalue weighted by Crippen LogP contribution is -2.36. The highest BCUT2D eigenvalue weighted by Crippen LogP contribution is 2.32. The van der Waals surface area contributed by atoms with Gasteiger partial charge in [-0.05, 0) is 24.4 Å². The Balaban J connectivity index is 1.50. The minimum atomic E-state index is -0.739. The van der Waals surface area contributed by atoms with Gasteiger partial charge in [-0.1, -0.05) is 41.7 Å². The predicted octanol–water partition coefficient (Wildman–Crippen LogP) is 4.25. The Morgan fingerprint density at radius 2 is 1.94 bits per heavy atom. The Labute approximate surface area is 187 Å². The molecule has 31 heavy (non-hydrogen) atoms. The van der Waals surface area contributed by atoms with Gasteiger partial charge in [0.2, 0.25) is 0 Å². The van der Waals surface area contributed by atoms with Crippen LogP contribution < -0.4 is 15.6 Å². The van der Waals surface area contributed by atoms with E-state index in [1.165, 1.54) is 17.4 Å². The van der Waals surface area contributed by atoms with Crippen molar-refractivity contribution in [1.82, 2.24) is 10.4 Å². The van der Waals surface area contributed by atoms with Gasteiger partial charge in [-0.3, -0.25) is 5.43 Å². The molecule has 2 heterocycles. The number of thiazole rings is 1. The highest BCUT2D eigenvalue weighted by Gasteiger charge is 2.18. The second-order valence-electron chi connectivity index (χ2n) is 6.62. The number of halogens is 2. The summed E-state index contributed by atoms with van der Waals surface area (Å²) in [7, 11) is 0. The number of anilines is 2. The highest BCUT2D eigenvalue weighted by molar-refractivity contribution is 7.80. The van der Waals surface area contributed by atoms with E-state index in [4.69, 9.17) is 21.9 Å². The zero-order valence-corrected chi connectivity index (χ0v) is 18.0. The number of nitrogens with zero attached hydrogens (tertiary/aromatic N) is 3. The van der Waals surface area contributed by atoms with Gasteiger partial charge in [-0.25, -0.2) is 13.8 Å². The van der Waals surface area contributed by atoms with Crippen LogP contribution in [0.15, 0.2) is 53.6 Å². The van der Waals surface area contributed by atoms with Crippen molar-refractivity contribution < 1.29 is 13.5 Å². The lowest BCUT2D eigenvalue weighted by molar-refractivity contribution is 0.122. The third-order valence-electron chi connectivity index (χ3n) is 4.50. The zero-order valence-electron chi connectivity index (χ0n) is 16.3. The minimum Gasteiger partial charge on any atom is -0.378 e. The summed E-state index contributed by atoms with van der Waals surface area (Å²) < 4.78 is 32.2. The van der Waals surface area contributed by atoms with Gasteiger partial charge in [-0.15, -0.1) is 0 Å². The van der Waals surface area contributed by atoms with E-state index in [1.807, 2.05) is 30.3 Å². The average Bonchev–Trinajstić information content (AvgIpc) is 3.21. The van der Waals surface area contributed by atoms with Gasteiger partial charge in [0.15, 0.2) is 10.2 Å². The number of hydrogen-bond donors (Lipinski definition) is 2. The summed E-state index contributed by atoms with van der Waals surface area (Å²) in [5.74, 6) is -1.40. The highest BCUT2D eigenvalue weighted by atomic mass is 32.1. The van der Waals surface area contributed by atoms with Crippen molar-refractivity contribution in [1.29, 1.82) is 0 Å². The fourth-order valence-electron chi connectivity index (χ4n) is 2.99. The number of ether oxygens (including phenoxy) is 1. The molecule has 0 atom stereocenters. The number of hydrazone groups is 1. The van der Waals surface area contributed by atoms with Gasteiger partial charge in [0, 0.05) is 24.7 Å². The first-order valence-electron chi connectivity index (χ1n) is 9.54. The predicted molar refractivity (Wildman–Crippen MR) is 124 cm³/mol. The Bertz CT molecular complexity index is 1080. The van der Waals surface area contributed by atoms with E-state index < -0.39 is 11.6 Å². The van der Waals surface area contributed by atoms with Crippen molar-refractivity contribution in [3.05, 3.63) is 65.0 Å². The van der Waals surface area contributed by atoms with Crippen molar-refractivity contribution in [2.45, 2.75) is 0 Å². The number of aromatic nitrogens is 1. The maximum Gasteiger partial charge on any atom is 0.191 e. The molecule has 1 aromatic heterocycles. The van der Waals surface area contributed by atoms with E-state index in [0.29, 0.717) is 13.2 Å². The molecule has 160 valence electrons.